The lowest BCUT2D eigenvalue weighted by atomic mass is 10.0. The zero-order valence-electron chi connectivity index (χ0n) is 9.01. The van der Waals surface area contributed by atoms with E-state index < -0.39 is 0 Å². The fourth-order valence-corrected chi connectivity index (χ4v) is 1.38. The van der Waals surface area contributed by atoms with E-state index >= 15 is 0 Å². The van der Waals surface area contributed by atoms with E-state index in [0.717, 1.165) is 19.7 Å². The van der Waals surface area contributed by atoms with Crippen molar-refractivity contribution in [3.8, 4) is 0 Å². The first-order valence-corrected chi connectivity index (χ1v) is 5.24. The Morgan fingerprint density at radius 2 is 2.23 bits per heavy atom. The Hall–Kier alpha value is -0.120. The SMILES string of the molecule is CCCCC(CNCCN)COC. The largest absolute Gasteiger partial charge is 0.384 e. The van der Waals surface area contributed by atoms with E-state index in [1.807, 2.05) is 0 Å². The molecule has 0 bridgehead atoms. The highest BCUT2D eigenvalue weighted by atomic mass is 16.5. The van der Waals surface area contributed by atoms with Gasteiger partial charge in [0.15, 0.2) is 0 Å². The normalized spacial score (nSPS) is 13.2. The van der Waals surface area contributed by atoms with Crippen LogP contribution in [0.3, 0.4) is 0 Å². The molecule has 3 nitrogen and oxygen atoms in total. The van der Waals surface area contributed by atoms with E-state index in [0.29, 0.717) is 12.5 Å². The number of hydrogen-bond donors (Lipinski definition) is 2. The van der Waals surface area contributed by atoms with E-state index in [2.05, 4.69) is 12.2 Å². The summed E-state index contributed by atoms with van der Waals surface area (Å²) < 4.78 is 5.16. The minimum atomic E-state index is 0.650. The number of hydrogen-bond acceptors (Lipinski definition) is 3. The monoisotopic (exact) mass is 188 g/mol. The molecule has 0 radical (unpaired) electrons. The first-order valence-electron chi connectivity index (χ1n) is 5.24. The minimum absolute atomic E-state index is 0.650. The molecule has 0 heterocycles. The Kier molecular flexibility index (Phi) is 9.87. The average molecular weight is 188 g/mol. The standard InChI is InChI=1S/C10H24N2O/c1-3-4-5-10(9-13-2)8-12-7-6-11/h10,12H,3-9,11H2,1-2H3. The fraction of sp³-hybridized carbons (Fsp3) is 1.00. The van der Waals surface area contributed by atoms with Crippen molar-refractivity contribution in [2.75, 3.05) is 33.4 Å². The van der Waals surface area contributed by atoms with Gasteiger partial charge in [0, 0.05) is 26.7 Å². The quantitative estimate of drug-likeness (QED) is 0.530. The van der Waals surface area contributed by atoms with Crippen LogP contribution in [0.15, 0.2) is 0 Å². The van der Waals surface area contributed by atoms with Gasteiger partial charge in [-0.05, 0) is 12.3 Å². The molecule has 0 saturated carbocycles. The van der Waals surface area contributed by atoms with E-state index in [4.69, 9.17) is 10.5 Å². The van der Waals surface area contributed by atoms with Crippen LogP contribution < -0.4 is 11.1 Å². The molecule has 0 aliphatic rings. The summed E-state index contributed by atoms with van der Waals surface area (Å²) in [7, 11) is 1.77. The van der Waals surface area contributed by atoms with Gasteiger partial charge in [-0.1, -0.05) is 19.8 Å². The van der Waals surface area contributed by atoms with E-state index in [-0.39, 0.29) is 0 Å². The van der Waals surface area contributed by atoms with Gasteiger partial charge in [-0.15, -0.1) is 0 Å². The first-order chi connectivity index (χ1) is 6.35. The maximum absolute atomic E-state index is 5.40. The van der Waals surface area contributed by atoms with Crippen LogP contribution in [0, 0.1) is 5.92 Å². The van der Waals surface area contributed by atoms with Crippen molar-refractivity contribution in [2.24, 2.45) is 11.7 Å². The molecule has 0 aromatic heterocycles. The minimum Gasteiger partial charge on any atom is -0.384 e. The summed E-state index contributed by atoms with van der Waals surface area (Å²) in [6, 6.07) is 0. The number of unbranched alkanes of at least 4 members (excludes halogenated alkanes) is 1. The second kappa shape index (κ2) is 9.96. The zero-order valence-corrected chi connectivity index (χ0v) is 9.01. The van der Waals surface area contributed by atoms with Gasteiger partial charge in [0.1, 0.15) is 0 Å². The molecule has 0 saturated heterocycles. The molecule has 0 rings (SSSR count). The Labute approximate surface area is 82.0 Å². The number of nitrogens with two attached hydrogens (primary N) is 1. The molecule has 80 valence electrons. The maximum atomic E-state index is 5.40. The first kappa shape index (κ1) is 12.9. The van der Waals surface area contributed by atoms with Crippen LogP contribution in [0.25, 0.3) is 0 Å². The van der Waals surface area contributed by atoms with Crippen LogP contribution >= 0.6 is 0 Å². The van der Waals surface area contributed by atoms with Gasteiger partial charge >= 0.3 is 0 Å². The number of methoxy groups -OCH3 is 1. The number of nitrogens with one attached hydrogen (secondary N) is 1. The zero-order chi connectivity index (χ0) is 9.94. The summed E-state index contributed by atoms with van der Waals surface area (Å²) in [5, 5.41) is 3.32. The topological polar surface area (TPSA) is 47.3 Å². The summed E-state index contributed by atoms with van der Waals surface area (Å²) in [6.07, 6.45) is 3.80. The summed E-state index contributed by atoms with van der Waals surface area (Å²) in [5.41, 5.74) is 5.40. The molecule has 1 atom stereocenters. The highest BCUT2D eigenvalue weighted by Crippen LogP contribution is 2.07. The summed E-state index contributed by atoms with van der Waals surface area (Å²) in [6.45, 7) is 5.74. The van der Waals surface area contributed by atoms with Crippen molar-refractivity contribution in [3.05, 3.63) is 0 Å². The Morgan fingerprint density at radius 1 is 1.46 bits per heavy atom. The highest BCUT2D eigenvalue weighted by Gasteiger charge is 2.06. The summed E-state index contributed by atoms with van der Waals surface area (Å²) in [5.74, 6) is 0.650. The fourth-order valence-electron chi connectivity index (χ4n) is 1.38. The van der Waals surface area contributed by atoms with E-state index in [1.165, 1.54) is 19.3 Å². The van der Waals surface area contributed by atoms with Crippen molar-refractivity contribution >= 4 is 0 Å². The Balaban J connectivity index is 3.41. The molecule has 0 aliphatic carbocycles. The summed E-state index contributed by atoms with van der Waals surface area (Å²) in [4.78, 5) is 0. The third-order valence-corrected chi connectivity index (χ3v) is 2.12. The van der Waals surface area contributed by atoms with Gasteiger partial charge in [-0.2, -0.15) is 0 Å². The third kappa shape index (κ3) is 8.22. The van der Waals surface area contributed by atoms with Crippen LogP contribution in [0.4, 0.5) is 0 Å². The molecule has 3 N–H and O–H groups in total. The number of rotatable bonds is 9. The van der Waals surface area contributed by atoms with Gasteiger partial charge in [0.05, 0.1) is 6.61 Å². The van der Waals surface area contributed by atoms with Gasteiger partial charge in [-0.25, -0.2) is 0 Å². The predicted molar refractivity (Wildman–Crippen MR) is 56.8 cm³/mol. The van der Waals surface area contributed by atoms with Gasteiger partial charge in [0.25, 0.3) is 0 Å². The van der Waals surface area contributed by atoms with Crippen molar-refractivity contribution in [1.82, 2.24) is 5.32 Å². The predicted octanol–water partition coefficient (Wildman–Crippen LogP) is 0.987. The molecule has 0 aromatic rings. The molecule has 0 fully saturated rings. The molecule has 0 aliphatic heterocycles. The molecule has 1 unspecified atom stereocenters. The molecule has 3 heteroatoms. The highest BCUT2D eigenvalue weighted by molar-refractivity contribution is 4.61. The molecular weight excluding hydrogens is 164 g/mol. The molecular formula is C10H24N2O. The van der Waals surface area contributed by atoms with Crippen LogP contribution in [0.2, 0.25) is 0 Å². The molecule has 13 heavy (non-hydrogen) atoms. The van der Waals surface area contributed by atoms with Crippen LogP contribution in [-0.4, -0.2) is 33.4 Å². The van der Waals surface area contributed by atoms with Crippen LogP contribution in [-0.2, 0) is 4.74 Å². The maximum Gasteiger partial charge on any atom is 0.0502 e. The smallest absolute Gasteiger partial charge is 0.0502 e. The van der Waals surface area contributed by atoms with Crippen molar-refractivity contribution < 1.29 is 4.74 Å². The molecule has 0 spiro atoms. The van der Waals surface area contributed by atoms with Crippen molar-refractivity contribution in [1.29, 1.82) is 0 Å². The lowest BCUT2D eigenvalue weighted by molar-refractivity contribution is 0.145. The Morgan fingerprint density at radius 3 is 2.77 bits per heavy atom. The average Bonchev–Trinajstić information content (AvgIpc) is 2.14. The van der Waals surface area contributed by atoms with E-state index in [9.17, 15) is 0 Å². The van der Waals surface area contributed by atoms with Crippen molar-refractivity contribution in [2.45, 2.75) is 26.2 Å². The van der Waals surface area contributed by atoms with E-state index in [1.54, 1.807) is 7.11 Å². The van der Waals surface area contributed by atoms with Gasteiger partial charge in [-0.3, -0.25) is 0 Å². The lowest BCUT2D eigenvalue weighted by Gasteiger charge is -2.15. The van der Waals surface area contributed by atoms with Crippen LogP contribution in [0.5, 0.6) is 0 Å². The second-order valence-corrected chi connectivity index (χ2v) is 3.46. The molecule has 0 amide bonds. The van der Waals surface area contributed by atoms with Gasteiger partial charge < -0.3 is 15.8 Å². The lowest BCUT2D eigenvalue weighted by Crippen LogP contribution is -2.30. The summed E-state index contributed by atoms with van der Waals surface area (Å²) >= 11 is 0. The number of ether oxygens (including phenoxy) is 1. The van der Waals surface area contributed by atoms with Crippen molar-refractivity contribution in [3.63, 3.8) is 0 Å². The second-order valence-electron chi connectivity index (χ2n) is 3.46. The third-order valence-electron chi connectivity index (χ3n) is 2.12. The van der Waals surface area contributed by atoms with Crippen LogP contribution in [0.1, 0.15) is 26.2 Å². The molecule has 0 aromatic carbocycles. The Bertz CT molecular complexity index is 98.9. The van der Waals surface area contributed by atoms with Gasteiger partial charge in [0.2, 0.25) is 0 Å².